The van der Waals surface area contributed by atoms with Crippen LogP contribution in [0.3, 0.4) is 0 Å². The quantitative estimate of drug-likeness (QED) is 0.691. The van der Waals surface area contributed by atoms with Crippen molar-refractivity contribution in [3.05, 3.63) is 12.2 Å². The lowest BCUT2D eigenvalue weighted by Gasteiger charge is -2.48. The van der Waals surface area contributed by atoms with E-state index in [0.717, 1.165) is 38.5 Å². The van der Waals surface area contributed by atoms with Crippen LogP contribution < -0.4 is 0 Å². The molecule has 0 aromatic heterocycles. The molecule has 120 valence electrons. The van der Waals surface area contributed by atoms with Crippen molar-refractivity contribution in [2.45, 2.75) is 50.2 Å². The Hall–Kier alpha value is -2.34. The molecule has 0 radical (unpaired) electrons. The summed E-state index contributed by atoms with van der Waals surface area (Å²) in [5.74, 6) is -0.360. The molecular formula is C19H18N4O. The van der Waals surface area contributed by atoms with Gasteiger partial charge in [0.2, 0.25) is 5.41 Å². The fourth-order valence-corrected chi connectivity index (χ4v) is 5.37. The summed E-state index contributed by atoms with van der Waals surface area (Å²) in [6, 6.07) is 8.51. The Labute approximate surface area is 141 Å². The Kier molecular flexibility index (Phi) is 3.06. The van der Waals surface area contributed by atoms with Gasteiger partial charge < -0.3 is 4.74 Å². The first-order valence-corrected chi connectivity index (χ1v) is 8.67. The molecule has 2 bridgehead atoms. The average Bonchev–Trinajstić information content (AvgIpc) is 3.47. The maximum atomic E-state index is 10.1. The van der Waals surface area contributed by atoms with E-state index >= 15 is 0 Å². The summed E-state index contributed by atoms with van der Waals surface area (Å²) >= 11 is 0. The molecule has 3 aliphatic carbocycles. The minimum absolute atomic E-state index is 0.0264. The van der Waals surface area contributed by atoms with E-state index in [1.165, 1.54) is 0 Å². The van der Waals surface area contributed by atoms with Crippen molar-refractivity contribution >= 4 is 0 Å². The smallest absolute Gasteiger partial charge is 0.208 e. The third kappa shape index (κ3) is 1.45. The number of nitriles is 4. The molecule has 0 aromatic rings. The molecule has 0 N–H and O–H groups in total. The molecule has 5 nitrogen and oxygen atoms in total. The van der Waals surface area contributed by atoms with E-state index in [0.29, 0.717) is 0 Å². The van der Waals surface area contributed by atoms with Gasteiger partial charge in [0, 0.05) is 5.92 Å². The molecule has 0 spiro atoms. The summed E-state index contributed by atoms with van der Waals surface area (Å²) in [5, 5.41) is 40.2. The van der Waals surface area contributed by atoms with E-state index in [4.69, 9.17) is 4.74 Å². The molecule has 0 aromatic carbocycles. The van der Waals surface area contributed by atoms with E-state index < -0.39 is 22.3 Å². The van der Waals surface area contributed by atoms with Crippen LogP contribution in [-0.4, -0.2) is 11.7 Å². The number of ether oxygens (including phenoxy) is 1. The van der Waals surface area contributed by atoms with E-state index in [1.807, 2.05) is 12.2 Å². The fourth-order valence-electron chi connectivity index (χ4n) is 5.37. The van der Waals surface area contributed by atoms with E-state index in [2.05, 4.69) is 24.3 Å². The Balaban J connectivity index is 2.04. The van der Waals surface area contributed by atoms with Crippen molar-refractivity contribution < 1.29 is 4.74 Å². The highest BCUT2D eigenvalue weighted by Crippen LogP contribution is 2.67. The zero-order valence-electron chi connectivity index (χ0n) is 13.4. The molecule has 5 heteroatoms. The van der Waals surface area contributed by atoms with Gasteiger partial charge in [-0.25, -0.2) is 0 Å². The number of rotatable bonds is 1. The Morgan fingerprint density at radius 3 is 2.12 bits per heavy atom. The molecule has 2 heterocycles. The lowest BCUT2D eigenvalue weighted by molar-refractivity contribution is -0.133. The summed E-state index contributed by atoms with van der Waals surface area (Å²) in [6.45, 7) is 0. The summed E-state index contributed by atoms with van der Waals surface area (Å²) in [4.78, 5) is 0. The van der Waals surface area contributed by atoms with Gasteiger partial charge >= 0.3 is 0 Å². The SMILES string of the molecule is N#CC1(C#N)[C@H]2C=C[C@](C3CC3)(O[C@H]3CCCC[C@@H]32)C1(C#N)C#N. The van der Waals surface area contributed by atoms with Gasteiger partial charge in [0.05, 0.1) is 30.4 Å². The summed E-state index contributed by atoms with van der Waals surface area (Å²) in [6.07, 6.45) is 9.27. The monoisotopic (exact) mass is 318 g/mol. The van der Waals surface area contributed by atoms with Crippen molar-refractivity contribution in [3.8, 4) is 24.3 Å². The number of fused-ring (bicyclic) bond motifs is 1. The van der Waals surface area contributed by atoms with Gasteiger partial charge in [0.1, 0.15) is 5.60 Å². The van der Waals surface area contributed by atoms with Gasteiger partial charge in [-0.3, -0.25) is 0 Å². The second-order valence-electron chi connectivity index (χ2n) is 7.56. The standard InChI is InChI=1S/C19H18N4O/c20-9-17(10-21)15-7-8-19(13-5-6-13,18(17,11-22)12-23)24-16-4-2-1-3-14(15)16/h7-8,13-16H,1-6H2/t14-,15+,16+,19-/m1/s1. The first kappa shape index (κ1) is 15.2. The van der Waals surface area contributed by atoms with Crippen LogP contribution in [0.25, 0.3) is 0 Å². The minimum Gasteiger partial charge on any atom is -0.364 e. The normalized spacial score (nSPS) is 40.9. The van der Waals surface area contributed by atoms with Crippen molar-refractivity contribution in [1.29, 1.82) is 21.0 Å². The van der Waals surface area contributed by atoms with Gasteiger partial charge in [-0.05, 0) is 37.5 Å². The number of allylic oxidation sites excluding steroid dienone is 1. The molecule has 5 rings (SSSR count). The Morgan fingerprint density at radius 2 is 1.54 bits per heavy atom. The zero-order chi connectivity index (χ0) is 17.0. The predicted octanol–water partition coefficient (Wildman–Crippen LogP) is 2.98. The van der Waals surface area contributed by atoms with E-state index in [1.54, 1.807) is 0 Å². The highest BCUT2D eigenvalue weighted by Gasteiger charge is 2.77. The van der Waals surface area contributed by atoms with Gasteiger partial charge in [-0.1, -0.05) is 25.0 Å². The molecular weight excluding hydrogens is 300 g/mol. The van der Waals surface area contributed by atoms with Crippen molar-refractivity contribution in [3.63, 3.8) is 0 Å². The molecule has 0 unspecified atom stereocenters. The van der Waals surface area contributed by atoms with Crippen LogP contribution in [0.1, 0.15) is 38.5 Å². The lowest BCUT2D eigenvalue weighted by Crippen LogP contribution is -2.60. The topological polar surface area (TPSA) is 104 Å². The van der Waals surface area contributed by atoms with Crippen LogP contribution in [-0.2, 0) is 4.74 Å². The Bertz CT molecular complexity index is 741. The van der Waals surface area contributed by atoms with Gasteiger partial charge in [-0.15, -0.1) is 0 Å². The largest absolute Gasteiger partial charge is 0.364 e. The minimum atomic E-state index is -1.78. The summed E-state index contributed by atoms with van der Waals surface area (Å²) < 4.78 is 6.54. The van der Waals surface area contributed by atoms with E-state index in [9.17, 15) is 21.0 Å². The van der Waals surface area contributed by atoms with Crippen LogP contribution in [0.2, 0.25) is 0 Å². The average molecular weight is 318 g/mol. The molecule has 24 heavy (non-hydrogen) atoms. The maximum absolute atomic E-state index is 10.1. The highest BCUT2D eigenvalue weighted by molar-refractivity contribution is 5.49. The van der Waals surface area contributed by atoms with Crippen LogP contribution in [0.15, 0.2) is 12.2 Å². The van der Waals surface area contributed by atoms with Crippen molar-refractivity contribution in [1.82, 2.24) is 0 Å². The number of hydrogen-bond donors (Lipinski definition) is 0. The van der Waals surface area contributed by atoms with Crippen molar-refractivity contribution in [2.24, 2.45) is 28.6 Å². The highest BCUT2D eigenvalue weighted by atomic mass is 16.5. The van der Waals surface area contributed by atoms with Gasteiger partial charge in [0.25, 0.3) is 0 Å². The molecule has 5 aliphatic rings. The second-order valence-corrected chi connectivity index (χ2v) is 7.56. The lowest BCUT2D eigenvalue weighted by atomic mass is 9.47. The van der Waals surface area contributed by atoms with Gasteiger partial charge in [-0.2, -0.15) is 21.0 Å². The van der Waals surface area contributed by atoms with E-state index in [-0.39, 0.29) is 17.9 Å². The molecule has 2 saturated carbocycles. The summed E-state index contributed by atoms with van der Waals surface area (Å²) in [7, 11) is 0. The maximum Gasteiger partial charge on any atom is 0.208 e. The molecule has 4 atom stereocenters. The third-order valence-electron chi connectivity index (χ3n) is 6.66. The first-order valence-electron chi connectivity index (χ1n) is 8.67. The second kappa shape index (κ2) is 4.83. The molecule has 2 aliphatic heterocycles. The van der Waals surface area contributed by atoms with Crippen LogP contribution in [0.5, 0.6) is 0 Å². The number of hydrogen-bond acceptors (Lipinski definition) is 5. The van der Waals surface area contributed by atoms with Crippen molar-refractivity contribution in [2.75, 3.05) is 0 Å². The number of nitrogens with zero attached hydrogens (tertiary/aromatic N) is 4. The summed E-state index contributed by atoms with van der Waals surface area (Å²) in [5.41, 5.74) is -4.58. The zero-order valence-corrected chi connectivity index (χ0v) is 13.4. The Morgan fingerprint density at radius 1 is 0.875 bits per heavy atom. The first-order chi connectivity index (χ1) is 11.6. The van der Waals surface area contributed by atoms with Gasteiger partial charge in [0.15, 0.2) is 5.41 Å². The van der Waals surface area contributed by atoms with Crippen LogP contribution >= 0.6 is 0 Å². The van der Waals surface area contributed by atoms with Crippen LogP contribution in [0, 0.1) is 73.9 Å². The third-order valence-corrected chi connectivity index (χ3v) is 6.66. The fraction of sp³-hybridized carbons (Fsp3) is 0.684. The molecule has 3 fully saturated rings. The molecule has 0 amide bonds. The van der Waals surface area contributed by atoms with Crippen LogP contribution in [0.4, 0.5) is 0 Å². The predicted molar refractivity (Wildman–Crippen MR) is 82.2 cm³/mol. The molecule has 1 saturated heterocycles.